The first-order chi connectivity index (χ1) is 11.6. The number of anilines is 1. The van der Waals surface area contributed by atoms with Crippen LogP contribution in [0.2, 0.25) is 5.02 Å². The lowest BCUT2D eigenvalue weighted by atomic mass is 10.1. The molecule has 0 aliphatic heterocycles. The summed E-state index contributed by atoms with van der Waals surface area (Å²) in [6.07, 6.45) is 1.24. The zero-order valence-electron chi connectivity index (χ0n) is 15.6. The first-order valence-electron chi connectivity index (χ1n) is 8.56. The maximum absolute atomic E-state index is 12.2. The number of carbonyl (C=O) groups is 1. The summed E-state index contributed by atoms with van der Waals surface area (Å²) in [6, 6.07) is 7.40. The average molecular weight is 366 g/mol. The molecule has 1 rings (SSSR count). The molecule has 0 aliphatic rings. The van der Waals surface area contributed by atoms with Crippen molar-refractivity contribution in [2.45, 2.75) is 65.1 Å². The van der Waals surface area contributed by atoms with Gasteiger partial charge in [0.15, 0.2) is 0 Å². The highest BCUT2D eigenvalue weighted by Gasteiger charge is 2.21. The minimum atomic E-state index is -0.510. The molecule has 0 fully saturated rings. The standard InChI is InChI=1S/C19H28ClN3O2/c1-6-13(2)22-12-16(10-18(24)25-19(3,4)5)23-15-8-7-14(11-21)17(20)9-15/h7-9,13,16,22-23H,6,10,12H2,1-5H3/t13?,16-/m0/s1. The number of halogens is 1. The molecule has 0 aromatic heterocycles. The van der Waals surface area contributed by atoms with E-state index in [0.717, 1.165) is 12.1 Å². The van der Waals surface area contributed by atoms with E-state index in [9.17, 15) is 4.79 Å². The van der Waals surface area contributed by atoms with E-state index in [1.165, 1.54) is 0 Å². The van der Waals surface area contributed by atoms with Gasteiger partial charge < -0.3 is 15.4 Å². The molecule has 1 aromatic rings. The Balaban J connectivity index is 2.81. The molecular formula is C19H28ClN3O2. The smallest absolute Gasteiger partial charge is 0.308 e. The van der Waals surface area contributed by atoms with Crippen molar-refractivity contribution < 1.29 is 9.53 Å². The van der Waals surface area contributed by atoms with Crippen molar-refractivity contribution >= 4 is 23.3 Å². The highest BCUT2D eigenvalue weighted by molar-refractivity contribution is 6.32. The Morgan fingerprint density at radius 1 is 1.40 bits per heavy atom. The van der Waals surface area contributed by atoms with Crippen LogP contribution in [0.25, 0.3) is 0 Å². The average Bonchev–Trinajstić information content (AvgIpc) is 2.50. The van der Waals surface area contributed by atoms with Gasteiger partial charge in [0, 0.05) is 24.3 Å². The van der Waals surface area contributed by atoms with E-state index in [2.05, 4.69) is 24.5 Å². The molecule has 25 heavy (non-hydrogen) atoms. The highest BCUT2D eigenvalue weighted by Crippen LogP contribution is 2.21. The van der Waals surface area contributed by atoms with Crippen LogP contribution < -0.4 is 10.6 Å². The minimum absolute atomic E-state index is 0.146. The largest absolute Gasteiger partial charge is 0.460 e. The van der Waals surface area contributed by atoms with E-state index in [4.69, 9.17) is 21.6 Å². The lowest BCUT2D eigenvalue weighted by Crippen LogP contribution is -2.39. The van der Waals surface area contributed by atoms with E-state index < -0.39 is 5.60 Å². The summed E-state index contributed by atoms with van der Waals surface area (Å²) in [5.41, 5.74) is 0.681. The number of hydrogen-bond donors (Lipinski definition) is 2. The van der Waals surface area contributed by atoms with Crippen molar-refractivity contribution in [2.24, 2.45) is 0 Å². The predicted octanol–water partition coefficient (Wildman–Crippen LogP) is 4.11. The van der Waals surface area contributed by atoms with Gasteiger partial charge in [0.05, 0.1) is 17.0 Å². The Morgan fingerprint density at radius 2 is 2.08 bits per heavy atom. The Morgan fingerprint density at radius 3 is 2.60 bits per heavy atom. The van der Waals surface area contributed by atoms with Gasteiger partial charge in [-0.2, -0.15) is 5.26 Å². The van der Waals surface area contributed by atoms with Crippen LogP contribution in [0.1, 0.15) is 53.0 Å². The van der Waals surface area contributed by atoms with Gasteiger partial charge in [-0.05, 0) is 52.3 Å². The number of nitriles is 1. The number of nitrogens with zero attached hydrogens (tertiary/aromatic N) is 1. The second-order valence-electron chi connectivity index (χ2n) is 7.16. The zero-order valence-corrected chi connectivity index (χ0v) is 16.4. The summed E-state index contributed by atoms with van der Waals surface area (Å²) in [5, 5.41) is 16.1. The van der Waals surface area contributed by atoms with E-state index in [1.807, 2.05) is 26.8 Å². The van der Waals surface area contributed by atoms with Gasteiger partial charge in [-0.25, -0.2) is 0 Å². The summed E-state index contributed by atoms with van der Waals surface area (Å²) in [5.74, 6) is -0.254. The molecule has 1 aromatic carbocycles. The van der Waals surface area contributed by atoms with Crippen LogP contribution in [-0.2, 0) is 9.53 Å². The molecule has 138 valence electrons. The third-order valence-corrected chi connectivity index (χ3v) is 3.93. The number of ether oxygens (including phenoxy) is 1. The molecular weight excluding hydrogens is 338 g/mol. The maximum atomic E-state index is 12.2. The Kier molecular flexibility index (Phi) is 8.21. The van der Waals surface area contributed by atoms with Crippen molar-refractivity contribution in [1.82, 2.24) is 5.32 Å². The van der Waals surface area contributed by atoms with Crippen LogP contribution >= 0.6 is 11.6 Å². The quantitative estimate of drug-likeness (QED) is 0.678. The second kappa shape index (κ2) is 9.65. The molecule has 2 atom stereocenters. The molecule has 0 amide bonds. The molecule has 0 saturated carbocycles. The van der Waals surface area contributed by atoms with Gasteiger partial charge in [0.25, 0.3) is 0 Å². The molecule has 0 heterocycles. The van der Waals surface area contributed by atoms with E-state index in [-0.39, 0.29) is 18.4 Å². The predicted molar refractivity (Wildman–Crippen MR) is 102 cm³/mol. The number of benzene rings is 1. The second-order valence-corrected chi connectivity index (χ2v) is 7.56. The van der Waals surface area contributed by atoms with Gasteiger partial charge >= 0.3 is 5.97 Å². The van der Waals surface area contributed by atoms with Crippen molar-refractivity contribution in [3.8, 4) is 6.07 Å². The fourth-order valence-electron chi connectivity index (χ4n) is 2.18. The summed E-state index contributed by atoms with van der Waals surface area (Å²) in [4.78, 5) is 12.2. The summed E-state index contributed by atoms with van der Waals surface area (Å²) in [6.45, 7) is 10.4. The molecule has 1 unspecified atom stereocenters. The van der Waals surface area contributed by atoms with Crippen LogP contribution in [0.4, 0.5) is 5.69 Å². The summed E-state index contributed by atoms with van der Waals surface area (Å²) >= 11 is 6.09. The van der Waals surface area contributed by atoms with Gasteiger partial charge in [-0.3, -0.25) is 4.79 Å². The number of hydrogen-bond acceptors (Lipinski definition) is 5. The van der Waals surface area contributed by atoms with Crippen molar-refractivity contribution in [1.29, 1.82) is 5.26 Å². The van der Waals surface area contributed by atoms with Crippen LogP contribution in [0.15, 0.2) is 18.2 Å². The van der Waals surface area contributed by atoms with E-state index >= 15 is 0 Å². The third-order valence-electron chi connectivity index (χ3n) is 3.62. The molecule has 0 spiro atoms. The first-order valence-corrected chi connectivity index (χ1v) is 8.93. The maximum Gasteiger partial charge on any atom is 0.308 e. The third kappa shape index (κ3) is 8.24. The molecule has 0 saturated heterocycles. The zero-order chi connectivity index (χ0) is 19.0. The van der Waals surface area contributed by atoms with Crippen molar-refractivity contribution in [3.63, 3.8) is 0 Å². The lowest BCUT2D eigenvalue weighted by Gasteiger charge is -2.25. The first kappa shape index (κ1) is 21.3. The number of esters is 1. The van der Waals surface area contributed by atoms with Crippen molar-refractivity contribution in [3.05, 3.63) is 28.8 Å². The fourth-order valence-corrected chi connectivity index (χ4v) is 2.40. The highest BCUT2D eigenvalue weighted by atomic mass is 35.5. The number of rotatable bonds is 8. The molecule has 0 aliphatic carbocycles. The lowest BCUT2D eigenvalue weighted by molar-refractivity contribution is -0.155. The topological polar surface area (TPSA) is 74.2 Å². The van der Waals surface area contributed by atoms with Gasteiger partial charge in [-0.15, -0.1) is 0 Å². The number of carbonyl (C=O) groups excluding carboxylic acids is 1. The summed E-state index contributed by atoms with van der Waals surface area (Å²) in [7, 11) is 0. The van der Waals surface area contributed by atoms with Crippen LogP contribution in [0.3, 0.4) is 0 Å². The van der Waals surface area contributed by atoms with Crippen LogP contribution in [0.5, 0.6) is 0 Å². The monoisotopic (exact) mass is 365 g/mol. The Labute approximate surface area is 155 Å². The Bertz CT molecular complexity index is 620. The fraction of sp³-hybridized carbons (Fsp3) is 0.579. The van der Waals surface area contributed by atoms with Gasteiger partial charge in [-0.1, -0.05) is 18.5 Å². The molecule has 5 nitrogen and oxygen atoms in total. The molecule has 0 bridgehead atoms. The SMILES string of the molecule is CCC(C)NC[C@H](CC(=O)OC(C)(C)C)Nc1ccc(C#N)c(Cl)c1. The van der Waals surface area contributed by atoms with E-state index in [0.29, 0.717) is 23.2 Å². The van der Waals surface area contributed by atoms with Gasteiger partial charge in [0.2, 0.25) is 0 Å². The molecule has 0 radical (unpaired) electrons. The molecule has 2 N–H and O–H groups in total. The number of nitrogens with one attached hydrogen (secondary N) is 2. The van der Waals surface area contributed by atoms with Crippen LogP contribution in [0, 0.1) is 11.3 Å². The van der Waals surface area contributed by atoms with Crippen LogP contribution in [-0.4, -0.2) is 30.2 Å². The van der Waals surface area contributed by atoms with Crippen molar-refractivity contribution in [2.75, 3.05) is 11.9 Å². The minimum Gasteiger partial charge on any atom is -0.460 e. The Hall–Kier alpha value is -1.77. The van der Waals surface area contributed by atoms with E-state index in [1.54, 1.807) is 18.2 Å². The summed E-state index contributed by atoms with van der Waals surface area (Å²) < 4.78 is 5.42. The van der Waals surface area contributed by atoms with Gasteiger partial charge in [0.1, 0.15) is 11.7 Å². The normalized spacial score (nSPS) is 13.6. The molecule has 6 heteroatoms.